The molecule has 1 unspecified atom stereocenters. The van der Waals surface area contributed by atoms with E-state index in [0.29, 0.717) is 37.2 Å². The van der Waals surface area contributed by atoms with Crippen LogP contribution < -0.4 is 0 Å². The molecule has 4 nitrogen and oxygen atoms in total. The standard InChI is InChI=1S/C23H23ClF3NO3/c1-22(30-2)13-19-15(11-20(22)28-3-5-31-6-4-28)10-16(21(19)29)7-14-8-17(23(25,26)27)12-18(24)9-14/h7-9,11-12H,3-6,10,13H2,1-2H3/b16-7+. The summed E-state index contributed by atoms with van der Waals surface area (Å²) in [5.74, 6) is -0.149. The predicted molar refractivity (Wildman–Crippen MR) is 112 cm³/mol. The van der Waals surface area contributed by atoms with Crippen LogP contribution in [0.4, 0.5) is 13.2 Å². The van der Waals surface area contributed by atoms with Crippen molar-refractivity contribution in [1.82, 2.24) is 4.90 Å². The largest absolute Gasteiger partial charge is 0.416 e. The molecule has 0 aromatic heterocycles. The smallest absolute Gasteiger partial charge is 0.378 e. The summed E-state index contributed by atoms with van der Waals surface area (Å²) in [6.07, 6.45) is -0.206. The fourth-order valence-corrected chi connectivity index (χ4v) is 4.64. The Morgan fingerprint density at radius 3 is 2.58 bits per heavy atom. The third-order valence-electron chi connectivity index (χ3n) is 6.09. The number of hydrogen-bond acceptors (Lipinski definition) is 4. The number of halogens is 4. The van der Waals surface area contributed by atoms with Crippen molar-refractivity contribution in [2.45, 2.75) is 31.5 Å². The van der Waals surface area contributed by atoms with Gasteiger partial charge in [0.1, 0.15) is 5.60 Å². The molecule has 1 atom stereocenters. The molecule has 1 aromatic carbocycles. The van der Waals surface area contributed by atoms with E-state index in [-0.39, 0.29) is 16.4 Å². The van der Waals surface area contributed by atoms with Crippen LogP contribution in [0.3, 0.4) is 0 Å². The molecule has 4 rings (SSSR count). The van der Waals surface area contributed by atoms with E-state index < -0.39 is 17.3 Å². The maximum Gasteiger partial charge on any atom is 0.416 e. The minimum Gasteiger partial charge on any atom is -0.378 e. The summed E-state index contributed by atoms with van der Waals surface area (Å²) in [4.78, 5) is 15.3. The molecule has 0 N–H and O–H groups in total. The Morgan fingerprint density at radius 2 is 1.94 bits per heavy atom. The lowest BCUT2D eigenvalue weighted by molar-refractivity contribution is -0.137. The number of rotatable bonds is 3. The van der Waals surface area contributed by atoms with Crippen molar-refractivity contribution in [1.29, 1.82) is 0 Å². The second-order valence-corrected chi connectivity index (χ2v) is 8.63. The number of carbonyl (C=O) groups excluding carboxylic acids is 1. The third-order valence-corrected chi connectivity index (χ3v) is 6.31. The number of methoxy groups -OCH3 is 1. The van der Waals surface area contributed by atoms with Crippen molar-refractivity contribution in [2.24, 2.45) is 0 Å². The maximum absolute atomic E-state index is 13.1. The summed E-state index contributed by atoms with van der Waals surface area (Å²) >= 11 is 5.89. The van der Waals surface area contributed by atoms with Gasteiger partial charge < -0.3 is 14.4 Å². The Kier molecular flexibility index (Phi) is 5.79. The van der Waals surface area contributed by atoms with Crippen LogP contribution in [0.5, 0.6) is 0 Å². The van der Waals surface area contributed by atoms with Crippen LogP contribution in [0.2, 0.25) is 5.02 Å². The number of ether oxygens (including phenoxy) is 2. The Balaban J connectivity index is 1.67. The van der Waals surface area contributed by atoms with Gasteiger partial charge in [-0.2, -0.15) is 13.2 Å². The van der Waals surface area contributed by atoms with Crippen LogP contribution in [0.1, 0.15) is 30.9 Å². The average Bonchev–Trinajstić information content (AvgIpc) is 3.01. The normalized spacial score (nSPS) is 25.9. The van der Waals surface area contributed by atoms with Gasteiger partial charge in [0.2, 0.25) is 0 Å². The van der Waals surface area contributed by atoms with E-state index in [1.165, 1.54) is 12.1 Å². The highest BCUT2D eigenvalue weighted by Crippen LogP contribution is 2.44. The van der Waals surface area contributed by atoms with Crippen LogP contribution in [0.15, 0.2) is 46.7 Å². The second kappa shape index (κ2) is 8.11. The Labute approximate surface area is 183 Å². The lowest BCUT2D eigenvalue weighted by Crippen LogP contribution is -2.46. The highest BCUT2D eigenvalue weighted by Gasteiger charge is 2.42. The first-order chi connectivity index (χ1) is 14.6. The van der Waals surface area contributed by atoms with Gasteiger partial charge in [-0.05, 0) is 48.4 Å². The fraction of sp³-hybridized carbons (Fsp3) is 0.435. The van der Waals surface area contributed by atoms with E-state index in [1.807, 2.05) is 13.0 Å². The Hall–Kier alpha value is -2.09. The van der Waals surface area contributed by atoms with Crippen molar-refractivity contribution in [2.75, 3.05) is 33.4 Å². The zero-order valence-corrected chi connectivity index (χ0v) is 18.1. The van der Waals surface area contributed by atoms with Gasteiger partial charge in [-0.15, -0.1) is 0 Å². The zero-order chi connectivity index (χ0) is 22.4. The minimum absolute atomic E-state index is 0.0219. The van der Waals surface area contributed by atoms with Gasteiger partial charge in [-0.1, -0.05) is 11.6 Å². The van der Waals surface area contributed by atoms with Gasteiger partial charge in [0.05, 0.1) is 18.8 Å². The number of allylic oxidation sites excluding steroid dienone is 3. The summed E-state index contributed by atoms with van der Waals surface area (Å²) in [6, 6.07) is 3.32. The average molecular weight is 454 g/mol. The molecule has 0 saturated carbocycles. The number of carbonyl (C=O) groups is 1. The summed E-state index contributed by atoms with van der Waals surface area (Å²) in [7, 11) is 1.63. The van der Waals surface area contributed by atoms with Gasteiger partial charge in [0.25, 0.3) is 0 Å². The second-order valence-electron chi connectivity index (χ2n) is 8.19. The molecule has 1 saturated heterocycles. The van der Waals surface area contributed by atoms with E-state index in [9.17, 15) is 18.0 Å². The number of nitrogens with zero attached hydrogens (tertiary/aromatic N) is 1. The number of Topliss-reactive ketones (excluding diaryl/α,β-unsaturated/α-hetero) is 1. The fourth-order valence-electron chi connectivity index (χ4n) is 4.39. The third kappa shape index (κ3) is 4.31. The van der Waals surface area contributed by atoms with Gasteiger partial charge in [0, 0.05) is 54.9 Å². The van der Waals surface area contributed by atoms with E-state index in [4.69, 9.17) is 21.1 Å². The van der Waals surface area contributed by atoms with Gasteiger partial charge >= 0.3 is 6.18 Å². The van der Waals surface area contributed by atoms with Gasteiger partial charge in [0.15, 0.2) is 5.78 Å². The first-order valence-electron chi connectivity index (χ1n) is 10.1. The molecule has 0 bridgehead atoms. The summed E-state index contributed by atoms with van der Waals surface area (Å²) in [5, 5.41) is -0.0219. The molecule has 1 aromatic rings. The van der Waals surface area contributed by atoms with Gasteiger partial charge in [-0.3, -0.25) is 4.79 Å². The van der Waals surface area contributed by atoms with E-state index in [2.05, 4.69) is 4.90 Å². The Morgan fingerprint density at radius 1 is 1.23 bits per heavy atom. The summed E-state index contributed by atoms with van der Waals surface area (Å²) < 4.78 is 50.7. The topological polar surface area (TPSA) is 38.8 Å². The van der Waals surface area contributed by atoms with Crippen LogP contribution in [-0.2, 0) is 20.4 Å². The first kappa shape index (κ1) is 22.1. The molecule has 0 amide bonds. The lowest BCUT2D eigenvalue weighted by Gasteiger charge is -2.42. The molecular formula is C23H23ClF3NO3. The van der Waals surface area contributed by atoms with Gasteiger partial charge in [-0.25, -0.2) is 0 Å². The molecule has 1 fully saturated rings. The van der Waals surface area contributed by atoms with Crippen molar-refractivity contribution in [3.63, 3.8) is 0 Å². The first-order valence-corrected chi connectivity index (χ1v) is 10.4. The monoisotopic (exact) mass is 453 g/mol. The van der Waals surface area contributed by atoms with E-state index in [1.54, 1.807) is 7.11 Å². The maximum atomic E-state index is 13.1. The summed E-state index contributed by atoms with van der Waals surface area (Å²) in [6.45, 7) is 4.70. The summed E-state index contributed by atoms with van der Waals surface area (Å²) in [5.41, 5.74) is 1.79. The Bertz CT molecular complexity index is 1010. The number of morpholine rings is 1. The lowest BCUT2D eigenvalue weighted by atomic mass is 9.84. The highest BCUT2D eigenvalue weighted by molar-refractivity contribution is 6.30. The van der Waals surface area contributed by atoms with Crippen LogP contribution in [0, 0.1) is 0 Å². The SMILES string of the molecule is COC1(C)CC2=C(C=C1N1CCOCC1)C/C(=C\c1cc(Cl)cc(C(F)(F)F)c1)C2=O. The van der Waals surface area contributed by atoms with Crippen molar-refractivity contribution >= 4 is 23.5 Å². The molecular weight excluding hydrogens is 431 g/mol. The molecule has 8 heteroatoms. The van der Waals surface area contributed by atoms with Crippen LogP contribution >= 0.6 is 11.6 Å². The number of hydrogen-bond donors (Lipinski definition) is 0. The quantitative estimate of drug-likeness (QED) is 0.601. The van der Waals surface area contributed by atoms with Crippen LogP contribution in [-0.4, -0.2) is 49.7 Å². The molecule has 3 aliphatic rings. The zero-order valence-electron chi connectivity index (χ0n) is 17.3. The van der Waals surface area contributed by atoms with E-state index >= 15 is 0 Å². The highest BCUT2D eigenvalue weighted by atomic mass is 35.5. The minimum atomic E-state index is -4.51. The number of benzene rings is 1. The molecule has 1 heterocycles. The molecule has 31 heavy (non-hydrogen) atoms. The molecule has 166 valence electrons. The van der Waals surface area contributed by atoms with Crippen LogP contribution in [0.25, 0.3) is 6.08 Å². The van der Waals surface area contributed by atoms with E-state index in [0.717, 1.165) is 36.5 Å². The molecule has 1 aliphatic heterocycles. The predicted octanol–water partition coefficient (Wildman–Crippen LogP) is 5.04. The molecule has 2 aliphatic carbocycles. The molecule has 0 radical (unpaired) electrons. The molecule has 0 spiro atoms. The van der Waals surface area contributed by atoms with Crippen molar-refractivity contribution in [3.8, 4) is 0 Å². The number of ketones is 1. The van der Waals surface area contributed by atoms with Crippen molar-refractivity contribution < 1.29 is 27.4 Å². The van der Waals surface area contributed by atoms with Crippen molar-refractivity contribution in [3.05, 3.63) is 62.8 Å². The number of alkyl halides is 3.